The maximum absolute atomic E-state index is 12.2. The summed E-state index contributed by atoms with van der Waals surface area (Å²) >= 11 is 1.57. The molecule has 6 nitrogen and oxygen atoms in total. The fourth-order valence-electron chi connectivity index (χ4n) is 2.08. The molecule has 0 radical (unpaired) electrons. The van der Waals surface area contributed by atoms with Crippen molar-refractivity contribution in [2.45, 2.75) is 13.5 Å². The van der Waals surface area contributed by atoms with Crippen LogP contribution in [-0.2, 0) is 16.1 Å². The molecular formula is C18H20N2O4S. The number of carbonyl (C=O) groups excluding carboxylic acids is 3. The van der Waals surface area contributed by atoms with Gasteiger partial charge in [0.1, 0.15) is 12.0 Å². The fraction of sp³-hybridized carbons (Fsp3) is 0.278. The Bertz CT molecular complexity index is 698. The second-order valence-corrected chi connectivity index (χ2v) is 6.27. The van der Waals surface area contributed by atoms with Gasteiger partial charge < -0.3 is 15.0 Å². The lowest BCUT2D eigenvalue weighted by atomic mass is 10.2. The highest BCUT2D eigenvalue weighted by atomic mass is 32.1. The molecule has 1 heterocycles. The average molecular weight is 360 g/mol. The fourth-order valence-corrected chi connectivity index (χ4v) is 2.73. The van der Waals surface area contributed by atoms with Crippen molar-refractivity contribution in [1.82, 2.24) is 10.2 Å². The largest absolute Gasteiger partial charge is 0.484 e. The number of benzene rings is 1. The minimum Gasteiger partial charge on any atom is -0.484 e. The van der Waals surface area contributed by atoms with Gasteiger partial charge in [-0.25, -0.2) is 0 Å². The normalized spacial score (nSPS) is 10.1. The number of thiophene rings is 1. The van der Waals surface area contributed by atoms with E-state index in [0.717, 1.165) is 11.2 Å². The van der Waals surface area contributed by atoms with Crippen LogP contribution >= 0.6 is 11.3 Å². The number of aldehydes is 1. The van der Waals surface area contributed by atoms with Crippen molar-refractivity contribution >= 4 is 29.4 Å². The van der Waals surface area contributed by atoms with Gasteiger partial charge in [-0.1, -0.05) is 6.07 Å². The van der Waals surface area contributed by atoms with E-state index in [1.807, 2.05) is 24.4 Å². The summed E-state index contributed by atoms with van der Waals surface area (Å²) in [5.41, 5.74) is 0.538. The predicted octanol–water partition coefficient (Wildman–Crippen LogP) is 2.10. The Kier molecular flexibility index (Phi) is 7.16. The van der Waals surface area contributed by atoms with Crippen LogP contribution in [0.15, 0.2) is 41.8 Å². The predicted molar refractivity (Wildman–Crippen MR) is 95.7 cm³/mol. The highest BCUT2D eigenvalue weighted by Gasteiger charge is 2.16. The molecule has 0 aliphatic carbocycles. The van der Waals surface area contributed by atoms with Crippen molar-refractivity contribution in [1.29, 1.82) is 0 Å². The van der Waals surface area contributed by atoms with E-state index in [1.165, 1.54) is 4.90 Å². The molecule has 1 N–H and O–H groups in total. The first-order valence-corrected chi connectivity index (χ1v) is 8.75. The second kappa shape index (κ2) is 9.58. The van der Waals surface area contributed by atoms with Crippen LogP contribution in [-0.4, -0.2) is 42.7 Å². The number of nitrogens with one attached hydrogen (secondary N) is 1. The summed E-state index contributed by atoms with van der Waals surface area (Å²) in [6.45, 7) is 2.52. The van der Waals surface area contributed by atoms with Gasteiger partial charge in [-0.3, -0.25) is 14.4 Å². The minimum atomic E-state index is -0.270. The van der Waals surface area contributed by atoms with Crippen molar-refractivity contribution < 1.29 is 19.1 Å². The van der Waals surface area contributed by atoms with Crippen LogP contribution in [0.2, 0.25) is 0 Å². The van der Waals surface area contributed by atoms with Crippen molar-refractivity contribution in [3.05, 3.63) is 52.2 Å². The molecular weight excluding hydrogens is 340 g/mol. The number of carbonyl (C=O) groups is 3. The van der Waals surface area contributed by atoms with Gasteiger partial charge in [0.2, 0.25) is 5.91 Å². The summed E-state index contributed by atoms with van der Waals surface area (Å²) in [5.74, 6) is 0.0179. The van der Waals surface area contributed by atoms with Crippen LogP contribution in [0.1, 0.15) is 22.2 Å². The van der Waals surface area contributed by atoms with Gasteiger partial charge in [-0.2, -0.15) is 0 Å². The average Bonchev–Trinajstić information content (AvgIpc) is 3.16. The molecule has 2 aromatic rings. The quantitative estimate of drug-likeness (QED) is 0.695. The second-order valence-electron chi connectivity index (χ2n) is 5.24. The van der Waals surface area contributed by atoms with Gasteiger partial charge in [0.25, 0.3) is 5.91 Å². The highest BCUT2D eigenvalue weighted by molar-refractivity contribution is 7.09. The maximum atomic E-state index is 12.2. The van der Waals surface area contributed by atoms with E-state index in [4.69, 9.17) is 4.74 Å². The van der Waals surface area contributed by atoms with Crippen LogP contribution in [0.5, 0.6) is 5.75 Å². The zero-order chi connectivity index (χ0) is 18.1. The maximum Gasteiger partial charge on any atom is 0.260 e. The highest BCUT2D eigenvalue weighted by Crippen LogP contribution is 2.11. The van der Waals surface area contributed by atoms with E-state index in [9.17, 15) is 14.4 Å². The Balaban J connectivity index is 1.78. The van der Waals surface area contributed by atoms with Gasteiger partial charge in [0.15, 0.2) is 6.61 Å². The van der Waals surface area contributed by atoms with Crippen LogP contribution in [0.25, 0.3) is 0 Å². The molecule has 1 aromatic heterocycles. The topological polar surface area (TPSA) is 75.7 Å². The van der Waals surface area contributed by atoms with E-state index in [0.29, 0.717) is 24.4 Å². The van der Waals surface area contributed by atoms with Gasteiger partial charge in [-0.05, 0) is 42.6 Å². The summed E-state index contributed by atoms with van der Waals surface area (Å²) in [7, 11) is 0. The van der Waals surface area contributed by atoms with Gasteiger partial charge in [0, 0.05) is 17.0 Å². The standard InChI is InChI=1S/C18H20N2O4S/c1-2-20(11-17(22)19-10-16-4-3-9-25-16)18(23)13-24-15-7-5-14(12-21)6-8-15/h3-9,12H,2,10-11,13H2,1H3,(H,19,22). The summed E-state index contributed by atoms with van der Waals surface area (Å²) in [6, 6.07) is 10.3. The molecule has 0 unspecified atom stereocenters. The Labute approximate surface area is 150 Å². The zero-order valence-electron chi connectivity index (χ0n) is 13.9. The van der Waals surface area contributed by atoms with Crippen LogP contribution in [0.4, 0.5) is 0 Å². The molecule has 0 fully saturated rings. The molecule has 25 heavy (non-hydrogen) atoms. The lowest BCUT2D eigenvalue weighted by Crippen LogP contribution is -2.42. The van der Waals surface area contributed by atoms with Gasteiger partial charge in [-0.15, -0.1) is 11.3 Å². The van der Waals surface area contributed by atoms with E-state index in [2.05, 4.69) is 5.32 Å². The number of ether oxygens (including phenoxy) is 1. The Morgan fingerprint density at radius 2 is 2.00 bits per heavy atom. The van der Waals surface area contributed by atoms with E-state index >= 15 is 0 Å². The molecule has 7 heteroatoms. The molecule has 2 rings (SSSR count). The summed E-state index contributed by atoms with van der Waals surface area (Å²) in [4.78, 5) is 37.3. The molecule has 1 aromatic carbocycles. The number of likely N-dealkylation sites (N-methyl/N-ethyl adjacent to an activating group) is 1. The van der Waals surface area contributed by atoms with E-state index < -0.39 is 0 Å². The van der Waals surface area contributed by atoms with E-state index in [-0.39, 0.29) is 25.0 Å². The SMILES string of the molecule is CCN(CC(=O)NCc1cccs1)C(=O)COc1ccc(C=O)cc1. The lowest BCUT2D eigenvalue weighted by Gasteiger charge is -2.20. The van der Waals surface area contributed by atoms with Gasteiger partial charge >= 0.3 is 0 Å². The summed E-state index contributed by atoms with van der Waals surface area (Å²) < 4.78 is 5.41. The number of hydrogen-bond donors (Lipinski definition) is 1. The Morgan fingerprint density at radius 3 is 2.60 bits per heavy atom. The molecule has 0 atom stereocenters. The van der Waals surface area contributed by atoms with Crippen molar-refractivity contribution in [2.75, 3.05) is 19.7 Å². The molecule has 0 bridgehead atoms. The number of hydrogen-bond acceptors (Lipinski definition) is 5. The first-order valence-electron chi connectivity index (χ1n) is 7.87. The van der Waals surface area contributed by atoms with Crippen LogP contribution in [0, 0.1) is 0 Å². The number of amides is 2. The number of rotatable bonds is 9. The Hall–Kier alpha value is -2.67. The van der Waals surface area contributed by atoms with Crippen LogP contribution < -0.4 is 10.1 Å². The molecule has 0 saturated carbocycles. The summed E-state index contributed by atoms with van der Waals surface area (Å²) in [5, 5.41) is 4.74. The third kappa shape index (κ3) is 6.04. The van der Waals surface area contributed by atoms with Crippen LogP contribution in [0.3, 0.4) is 0 Å². The lowest BCUT2D eigenvalue weighted by molar-refractivity contribution is -0.137. The molecule has 0 aliphatic heterocycles. The monoisotopic (exact) mass is 360 g/mol. The third-order valence-corrected chi connectivity index (χ3v) is 4.36. The smallest absolute Gasteiger partial charge is 0.260 e. The minimum absolute atomic E-state index is 0.00581. The van der Waals surface area contributed by atoms with Gasteiger partial charge in [0.05, 0.1) is 13.1 Å². The van der Waals surface area contributed by atoms with Crippen molar-refractivity contribution in [3.63, 3.8) is 0 Å². The first-order chi connectivity index (χ1) is 12.1. The molecule has 2 amide bonds. The zero-order valence-corrected chi connectivity index (χ0v) is 14.8. The number of nitrogens with zero attached hydrogens (tertiary/aromatic N) is 1. The summed E-state index contributed by atoms with van der Waals surface area (Å²) in [6.07, 6.45) is 0.739. The molecule has 0 saturated heterocycles. The third-order valence-electron chi connectivity index (χ3n) is 3.49. The molecule has 0 aliphatic rings. The van der Waals surface area contributed by atoms with E-state index in [1.54, 1.807) is 35.6 Å². The Morgan fingerprint density at radius 1 is 1.24 bits per heavy atom. The van der Waals surface area contributed by atoms with Crippen molar-refractivity contribution in [3.8, 4) is 5.75 Å². The first kappa shape index (κ1) is 18.7. The molecule has 132 valence electrons. The molecule has 0 spiro atoms. The van der Waals surface area contributed by atoms with Crippen molar-refractivity contribution in [2.24, 2.45) is 0 Å².